The van der Waals surface area contributed by atoms with E-state index in [2.05, 4.69) is 4.98 Å². The maximum Gasteiger partial charge on any atom is 0.258 e. The number of hydrogen-bond acceptors (Lipinski definition) is 2. The van der Waals surface area contributed by atoms with Crippen LogP contribution in [0.4, 0.5) is 0 Å². The average Bonchev–Trinajstić information content (AvgIpc) is 2.04. The molecule has 4 heteroatoms. The predicted octanol–water partition coefficient (Wildman–Crippen LogP) is 0.926. The molecule has 1 aromatic heterocycles. The molecule has 0 aliphatic carbocycles. The number of aldehydes is 1. The lowest BCUT2D eigenvalue weighted by Gasteiger charge is -1.93. The summed E-state index contributed by atoms with van der Waals surface area (Å²) in [6.45, 7) is 0. The van der Waals surface area contributed by atoms with E-state index in [-0.39, 0.29) is 11.4 Å². The zero-order chi connectivity index (χ0) is 8.27. The molecule has 11 heavy (non-hydrogen) atoms. The Labute approximate surface area is 68.0 Å². The summed E-state index contributed by atoms with van der Waals surface area (Å²) in [4.78, 5) is 23.5. The van der Waals surface area contributed by atoms with E-state index in [0.717, 1.165) is 0 Å². The molecule has 0 saturated carbocycles. The van der Waals surface area contributed by atoms with Crippen molar-refractivity contribution in [2.45, 2.75) is 5.88 Å². The molecule has 0 atom stereocenters. The van der Waals surface area contributed by atoms with Crippen LogP contribution in [0.1, 0.15) is 16.1 Å². The van der Waals surface area contributed by atoms with Crippen LogP contribution in [0.25, 0.3) is 0 Å². The van der Waals surface area contributed by atoms with E-state index in [9.17, 15) is 9.59 Å². The zero-order valence-corrected chi connectivity index (χ0v) is 6.39. The lowest BCUT2D eigenvalue weighted by Crippen LogP contribution is -2.12. The van der Waals surface area contributed by atoms with Gasteiger partial charge in [0.25, 0.3) is 5.56 Å². The summed E-state index contributed by atoms with van der Waals surface area (Å²) in [6, 6.07) is 3.06. The molecule has 1 rings (SSSR count). The molecule has 0 aliphatic heterocycles. The number of H-pyrrole nitrogens is 1. The van der Waals surface area contributed by atoms with Gasteiger partial charge in [-0.05, 0) is 12.1 Å². The third kappa shape index (κ3) is 1.68. The summed E-state index contributed by atoms with van der Waals surface area (Å²) in [7, 11) is 0. The molecule has 3 nitrogen and oxygen atoms in total. The molecule has 0 aliphatic rings. The highest BCUT2D eigenvalue weighted by Crippen LogP contribution is 1.96. The normalized spacial score (nSPS) is 9.55. The highest BCUT2D eigenvalue weighted by molar-refractivity contribution is 6.16. The fourth-order valence-electron chi connectivity index (χ4n) is 0.696. The second kappa shape index (κ2) is 3.34. The van der Waals surface area contributed by atoms with Crippen LogP contribution in [0.5, 0.6) is 0 Å². The molecule has 0 unspecified atom stereocenters. The van der Waals surface area contributed by atoms with Gasteiger partial charge in [-0.1, -0.05) is 0 Å². The Hall–Kier alpha value is -1.09. The van der Waals surface area contributed by atoms with E-state index in [1.54, 1.807) is 6.07 Å². The highest BCUT2D eigenvalue weighted by atomic mass is 35.5. The molecule has 1 aromatic rings. The number of carbonyl (C=O) groups is 1. The Kier molecular flexibility index (Phi) is 2.44. The molecule has 0 radical (unpaired) electrons. The summed E-state index contributed by atoms with van der Waals surface area (Å²) < 4.78 is 0. The number of rotatable bonds is 2. The number of aromatic nitrogens is 1. The van der Waals surface area contributed by atoms with Crippen LogP contribution in [0.2, 0.25) is 0 Å². The van der Waals surface area contributed by atoms with Crippen LogP contribution in [0, 0.1) is 0 Å². The summed E-state index contributed by atoms with van der Waals surface area (Å²) in [5.41, 5.74) is 0.347. The van der Waals surface area contributed by atoms with Gasteiger partial charge in [-0.3, -0.25) is 9.59 Å². The lowest BCUT2D eigenvalue weighted by atomic mass is 10.3. The van der Waals surface area contributed by atoms with E-state index >= 15 is 0 Å². The van der Waals surface area contributed by atoms with Crippen LogP contribution in [-0.4, -0.2) is 11.3 Å². The molecular formula is C7H6ClNO2. The third-order valence-electron chi connectivity index (χ3n) is 1.27. The van der Waals surface area contributed by atoms with Crippen molar-refractivity contribution in [1.82, 2.24) is 4.98 Å². The topological polar surface area (TPSA) is 49.9 Å². The number of aromatic amines is 1. The van der Waals surface area contributed by atoms with E-state index in [4.69, 9.17) is 11.6 Å². The molecule has 58 valence electrons. The van der Waals surface area contributed by atoms with Gasteiger partial charge >= 0.3 is 0 Å². The Bertz CT molecular complexity index is 318. The number of alkyl halides is 1. The summed E-state index contributed by atoms with van der Waals surface area (Å²) in [6.07, 6.45) is 0.511. The largest absolute Gasteiger partial charge is 0.324 e. The van der Waals surface area contributed by atoms with Gasteiger partial charge in [-0.2, -0.15) is 0 Å². The van der Waals surface area contributed by atoms with Crippen molar-refractivity contribution in [3.05, 3.63) is 33.7 Å². The van der Waals surface area contributed by atoms with Gasteiger partial charge in [0.15, 0.2) is 6.29 Å². The Morgan fingerprint density at radius 1 is 1.55 bits per heavy atom. The number of carbonyl (C=O) groups excluding carboxylic acids is 1. The fraction of sp³-hybridized carbons (Fsp3) is 0.143. The average molecular weight is 172 g/mol. The van der Waals surface area contributed by atoms with Crippen molar-refractivity contribution in [3.63, 3.8) is 0 Å². The van der Waals surface area contributed by atoms with Gasteiger partial charge in [0, 0.05) is 5.69 Å². The highest BCUT2D eigenvalue weighted by Gasteiger charge is 1.97. The van der Waals surface area contributed by atoms with E-state index in [1.807, 2.05) is 0 Å². The van der Waals surface area contributed by atoms with Gasteiger partial charge in [-0.25, -0.2) is 0 Å². The summed E-state index contributed by atoms with van der Waals surface area (Å²) >= 11 is 5.44. The lowest BCUT2D eigenvalue weighted by molar-refractivity contribution is 0.112. The van der Waals surface area contributed by atoms with Crippen LogP contribution in [0.15, 0.2) is 16.9 Å². The molecular weight excluding hydrogens is 166 g/mol. The predicted molar refractivity (Wildman–Crippen MR) is 42.0 cm³/mol. The van der Waals surface area contributed by atoms with Crippen molar-refractivity contribution >= 4 is 17.9 Å². The number of hydrogen-bond donors (Lipinski definition) is 1. The van der Waals surface area contributed by atoms with E-state index < -0.39 is 5.56 Å². The van der Waals surface area contributed by atoms with E-state index in [1.165, 1.54) is 6.07 Å². The monoisotopic (exact) mass is 171 g/mol. The van der Waals surface area contributed by atoms with Gasteiger partial charge in [0.1, 0.15) is 0 Å². The van der Waals surface area contributed by atoms with Crippen molar-refractivity contribution in [1.29, 1.82) is 0 Å². The van der Waals surface area contributed by atoms with Crippen LogP contribution >= 0.6 is 11.6 Å². The Balaban J connectivity index is 3.20. The number of halogens is 1. The molecule has 0 fully saturated rings. The van der Waals surface area contributed by atoms with Gasteiger partial charge in [-0.15, -0.1) is 11.6 Å². The first-order valence-corrected chi connectivity index (χ1v) is 3.54. The molecule has 0 aromatic carbocycles. The first kappa shape index (κ1) is 8.01. The molecule has 0 amide bonds. The zero-order valence-electron chi connectivity index (χ0n) is 5.63. The minimum atomic E-state index is -0.391. The second-order valence-corrected chi connectivity index (χ2v) is 2.29. The maximum absolute atomic E-state index is 10.9. The quantitative estimate of drug-likeness (QED) is 0.532. The Morgan fingerprint density at radius 3 is 2.73 bits per heavy atom. The molecule has 0 spiro atoms. The van der Waals surface area contributed by atoms with Crippen molar-refractivity contribution in [3.8, 4) is 0 Å². The maximum atomic E-state index is 10.9. The van der Waals surface area contributed by atoms with Crippen molar-refractivity contribution in [2.24, 2.45) is 0 Å². The molecule has 1 N–H and O–H groups in total. The summed E-state index contributed by atoms with van der Waals surface area (Å²) in [5.74, 6) is 0.244. The second-order valence-electron chi connectivity index (χ2n) is 2.02. The smallest absolute Gasteiger partial charge is 0.258 e. The summed E-state index contributed by atoms with van der Waals surface area (Å²) in [5, 5.41) is 0. The van der Waals surface area contributed by atoms with Crippen molar-refractivity contribution < 1.29 is 4.79 Å². The Morgan fingerprint density at radius 2 is 2.27 bits per heavy atom. The number of nitrogens with one attached hydrogen (secondary N) is 1. The van der Waals surface area contributed by atoms with Crippen LogP contribution < -0.4 is 5.56 Å². The van der Waals surface area contributed by atoms with Crippen LogP contribution in [0.3, 0.4) is 0 Å². The SMILES string of the molecule is O=Cc1ccc(CCl)[nH]c1=O. The first-order valence-electron chi connectivity index (χ1n) is 3.01. The van der Waals surface area contributed by atoms with Gasteiger partial charge < -0.3 is 4.98 Å². The molecule has 0 saturated heterocycles. The van der Waals surface area contributed by atoms with Crippen molar-refractivity contribution in [2.75, 3.05) is 0 Å². The fourth-order valence-corrected chi connectivity index (χ4v) is 0.852. The minimum absolute atomic E-state index is 0.124. The van der Waals surface area contributed by atoms with Gasteiger partial charge in [0.2, 0.25) is 0 Å². The third-order valence-corrected chi connectivity index (χ3v) is 1.56. The van der Waals surface area contributed by atoms with Gasteiger partial charge in [0.05, 0.1) is 11.4 Å². The molecule has 1 heterocycles. The number of pyridine rings is 1. The minimum Gasteiger partial charge on any atom is -0.324 e. The van der Waals surface area contributed by atoms with E-state index in [0.29, 0.717) is 12.0 Å². The standard InChI is InChI=1S/C7H6ClNO2/c8-3-6-2-1-5(4-10)7(11)9-6/h1-2,4H,3H2,(H,9,11). The molecule has 0 bridgehead atoms. The van der Waals surface area contributed by atoms with Crippen LogP contribution in [-0.2, 0) is 5.88 Å². The first-order chi connectivity index (χ1) is 5.27.